The number of anilines is 1. The minimum absolute atomic E-state index is 0.0777. The molecule has 1 atom stereocenters. The number of rotatable bonds is 6. The van der Waals surface area contributed by atoms with Crippen LogP contribution in [0, 0.1) is 6.92 Å². The third-order valence-corrected chi connectivity index (χ3v) is 5.27. The van der Waals surface area contributed by atoms with Crippen molar-refractivity contribution in [2.75, 3.05) is 25.0 Å². The molecule has 1 fully saturated rings. The molecule has 2 amide bonds. The first-order valence-electron chi connectivity index (χ1n) is 9.02. The van der Waals surface area contributed by atoms with E-state index in [4.69, 9.17) is 4.74 Å². The van der Waals surface area contributed by atoms with Gasteiger partial charge >= 0.3 is 6.18 Å². The fraction of sp³-hybridized carbons (Fsp3) is 0.421. The maximum Gasteiger partial charge on any atom is 0.416 e. The number of halogens is 3. The number of nitrogens with one attached hydrogen (secondary N) is 1. The minimum Gasteiger partial charge on any atom is -0.376 e. The Labute approximate surface area is 169 Å². The average Bonchev–Trinajstić information content (AvgIpc) is 3.31. The lowest BCUT2D eigenvalue weighted by molar-refractivity contribution is -0.137. The Bertz CT molecular complexity index is 862. The Hall–Kier alpha value is -2.46. The molecule has 0 saturated carbocycles. The van der Waals surface area contributed by atoms with Crippen LogP contribution in [0.25, 0.3) is 0 Å². The second-order valence-corrected chi connectivity index (χ2v) is 7.60. The molecule has 1 aromatic heterocycles. The van der Waals surface area contributed by atoms with Crippen molar-refractivity contribution >= 4 is 28.3 Å². The van der Waals surface area contributed by atoms with Crippen molar-refractivity contribution in [1.82, 2.24) is 9.88 Å². The van der Waals surface area contributed by atoms with Crippen LogP contribution < -0.4 is 5.32 Å². The molecule has 6 nitrogen and oxygen atoms in total. The molecular weight excluding hydrogens is 407 g/mol. The SMILES string of the molecule is Cc1csc(NC(=O)CN(CC2CCCO2)C(=O)c2ccc(C(F)(F)F)cc2)n1. The maximum atomic E-state index is 12.9. The van der Waals surface area contributed by atoms with Gasteiger partial charge in [-0.1, -0.05) is 0 Å². The van der Waals surface area contributed by atoms with E-state index in [1.807, 2.05) is 0 Å². The molecule has 0 radical (unpaired) electrons. The molecule has 10 heteroatoms. The number of carbonyl (C=O) groups excluding carboxylic acids is 2. The number of aromatic nitrogens is 1. The molecule has 156 valence electrons. The number of alkyl halides is 3. The van der Waals surface area contributed by atoms with Crippen LogP contribution in [0.3, 0.4) is 0 Å². The first-order valence-corrected chi connectivity index (χ1v) is 9.90. The summed E-state index contributed by atoms with van der Waals surface area (Å²) < 4.78 is 43.8. The third-order valence-electron chi connectivity index (χ3n) is 4.39. The molecule has 1 aliphatic heterocycles. The van der Waals surface area contributed by atoms with Gasteiger partial charge in [-0.3, -0.25) is 9.59 Å². The van der Waals surface area contributed by atoms with Crippen molar-refractivity contribution in [1.29, 1.82) is 0 Å². The van der Waals surface area contributed by atoms with Crippen molar-refractivity contribution in [3.05, 3.63) is 46.5 Å². The number of carbonyl (C=O) groups is 2. The smallest absolute Gasteiger partial charge is 0.376 e. The van der Waals surface area contributed by atoms with Gasteiger partial charge in [-0.2, -0.15) is 13.2 Å². The highest BCUT2D eigenvalue weighted by molar-refractivity contribution is 7.13. The summed E-state index contributed by atoms with van der Waals surface area (Å²) in [5, 5.41) is 4.85. The van der Waals surface area contributed by atoms with Gasteiger partial charge in [0.05, 0.1) is 17.4 Å². The van der Waals surface area contributed by atoms with E-state index in [2.05, 4.69) is 10.3 Å². The van der Waals surface area contributed by atoms with Gasteiger partial charge < -0.3 is 15.0 Å². The molecule has 1 saturated heterocycles. The molecule has 0 aliphatic carbocycles. The molecule has 1 aromatic carbocycles. The van der Waals surface area contributed by atoms with E-state index in [1.165, 1.54) is 16.2 Å². The fourth-order valence-corrected chi connectivity index (χ4v) is 3.69. The lowest BCUT2D eigenvalue weighted by atomic mass is 10.1. The van der Waals surface area contributed by atoms with Crippen molar-refractivity contribution < 1.29 is 27.5 Å². The molecule has 1 aliphatic rings. The number of amides is 2. The zero-order valence-corrected chi connectivity index (χ0v) is 16.5. The molecule has 0 spiro atoms. The second kappa shape index (κ2) is 8.91. The molecule has 1 N–H and O–H groups in total. The summed E-state index contributed by atoms with van der Waals surface area (Å²) in [5.41, 5.74) is 0.00726. The number of aryl methyl sites for hydroxylation is 1. The molecule has 0 bridgehead atoms. The Balaban J connectivity index is 1.73. The zero-order chi connectivity index (χ0) is 21.0. The summed E-state index contributed by atoms with van der Waals surface area (Å²) in [6.45, 7) is 2.31. The van der Waals surface area contributed by atoms with E-state index < -0.39 is 23.6 Å². The molecule has 1 unspecified atom stereocenters. The van der Waals surface area contributed by atoms with E-state index in [0.717, 1.165) is 42.8 Å². The van der Waals surface area contributed by atoms with Gasteiger partial charge in [-0.05, 0) is 44.0 Å². The highest BCUT2D eigenvalue weighted by Gasteiger charge is 2.31. The van der Waals surface area contributed by atoms with Crippen LogP contribution >= 0.6 is 11.3 Å². The standard InChI is InChI=1S/C19H20F3N3O3S/c1-12-11-29-18(23-12)24-16(26)10-25(9-15-3-2-8-28-15)17(27)13-4-6-14(7-5-13)19(20,21)22/h4-7,11,15H,2-3,8-10H2,1H3,(H,23,24,26). The molecule has 3 rings (SSSR count). The summed E-state index contributed by atoms with van der Waals surface area (Å²) in [5.74, 6) is -0.961. The monoisotopic (exact) mass is 427 g/mol. The largest absolute Gasteiger partial charge is 0.416 e. The van der Waals surface area contributed by atoms with Crippen molar-refractivity contribution in [2.45, 2.75) is 32.0 Å². The highest BCUT2D eigenvalue weighted by atomic mass is 32.1. The lowest BCUT2D eigenvalue weighted by Crippen LogP contribution is -2.42. The number of thiazole rings is 1. The van der Waals surface area contributed by atoms with Crippen LogP contribution in [0.4, 0.5) is 18.3 Å². The van der Waals surface area contributed by atoms with Crippen LogP contribution in [-0.4, -0.2) is 47.5 Å². The maximum absolute atomic E-state index is 12.9. The first kappa shape index (κ1) is 21.3. The Morgan fingerprint density at radius 1 is 1.31 bits per heavy atom. The summed E-state index contributed by atoms with van der Waals surface area (Å²) >= 11 is 1.27. The minimum atomic E-state index is -4.48. The predicted octanol–water partition coefficient (Wildman–Crippen LogP) is 3.73. The molecule has 29 heavy (non-hydrogen) atoms. The van der Waals surface area contributed by atoms with Crippen molar-refractivity contribution in [2.24, 2.45) is 0 Å². The highest BCUT2D eigenvalue weighted by Crippen LogP contribution is 2.29. The number of hydrogen-bond acceptors (Lipinski definition) is 5. The lowest BCUT2D eigenvalue weighted by Gasteiger charge is -2.25. The zero-order valence-electron chi connectivity index (χ0n) is 15.7. The number of ether oxygens (including phenoxy) is 1. The van der Waals surface area contributed by atoms with Crippen LogP contribution in [0.2, 0.25) is 0 Å². The summed E-state index contributed by atoms with van der Waals surface area (Å²) in [4.78, 5) is 30.7. The van der Waals surface area contributed by atoms with Crippen molar-refractivity contribution in [3.63, 3.8) is 0 Å². The van der Waals surface area contributed by atoms with Crippen LogP contribution in [-0.2, 0) is 15.7 Å². The van der Waals surface area contributed by atoms with Gasteiger partial charge in [0.1, 0.15) is 6.54 Å². The van der Waals surface area contributed by atoms with Crippen molar-refractivity contribution in [3.8, 4) is 0 Å². The van der Waals surface area contributed by atoms with Gasteiger partial charge in [0, 0.05) is 24.1 Å². The molecule has 2 heterocycles. The number of hydrogen-bond donors (Lipinski definition) is 1. The Morgan fingerprint density at radius 2 is 2.03 bits per heavy atom. The number of benzene rings is 1. The Morgan fingerprint density at radius 3 is 2.59 bits per heavy atom. The van der Waals surface area contributed by atoms with Gasteiger partial charge in [-0.25, -0.2) is 4.98 Å². The second-order valence-electron chi connectivity index (χ2n) is 6.74. The average molecular weight is 427 g/mol. The topological polar surface area (TPSA) is 71.5 Å². The van der Waals surface area contributed by atoms with E-state index in [-0.39, 0.29) is 24.8 Å². The number of nitrogens with zero attached hydrogens (tertiary/aromatic N) is 2. The van der Waals surface area contributed by atoms with Gasteiger partial charge in [0.25, 0.3) is 5.91 Å². The summed E-state index contributed by atoms with van der Waals surface area (Å²) in [6.07, 6.45) is -3.07. The normalized spacial score (nSPS) is 16.6. The predicted molar refractivity (Wildman–Crippen MR) is 102 cm³/mol. The quantitative estimate of drug-likeness (QED) is 0.763. The van der Waals surface area contributed by atoms with Gasteiger partial charge in [0.15, 0.2) is 5.13 Å². The summed E-state index contributed by atoms with van der Waals surface area (Å²) in [7, 11) is 0. The van der Waals surface area contributed by atoms with E-state index in [9.17, 15) is 22.8 Å². The first-order chi connectivity index (χ1) is 13.7. The van der Waals surface area contributed by atoms with Gasteiger partial charge in [-0.15, -0.1) is 11.3 Å². The van der Waals surface area contributed by atoms with E-state index in [1.54, 1.807) is 12.3 Å². The summed E-state index contributed by atoms with van der Waals surface area (Å²) in [6, 6.07) is 3.96. The van der Waals surface area contributed by atoms with E-state index in [0.29, 0.717) is 11.7 Å². The third kappa shape index (κ3) is 5.77. The van der Waals surface area contributed by atoms with Gasteiger partial charge in [0.2, 0.25) is 5.91 Å². The Kier molecular flexibility index (Phi) is 6.53. The molecule has 2 aromatic rings. The van der Waals surface area contributed by atoms with Crippen LogP contribution in [0.5, 0.6) is 0 Å². The fourth-order valence-electron chi connectivity index (χ4n) is 2.98. The van der Waals surface area contributed by atoms with Crippen LogP contribution in [0.1, 0.15) is 34.5 Å². The molecular formula is C19H20F3N3O3S. The van der Waals surface area contributed by atoms with E-state index >= 15 is 0 Å². The van der Waals surface area contributed by atoms with Crippen LogP contribution in [0.15, 0.2) is 29.6 Å².